The molecule has 1 aliphatic heterocycles. The Bertz CT molecular complexity index is 1210. The van der Waals surface area contributed by atoms with Gasteiger partial charge in [0.2, 0.25) is 0 Å². The molecule has 4 nitrogen and oxygen atoms in total. The SMILES string of the molecule is Cc1ccc(N2CCN(Cc3ccc(-c4csnn4)cc3)C[C@@H]2c2ccc(Cl)cc2)c(Cl)c1. The van der Waals surface area contributed by atoms with Gasteiger partial charge in [-0.25, -0.2) is 0 Å². The molecular weight excluding hydrogens is 471 g/mol. The molecule has 7 heteroatoms. The Morgan fingerprint density at radius 3 is 2.45 bits per heavy atom. The predicted octanol–water partition coefficient (Wildman–Crippen LogP) is 6.88. The Labute approximate surface area is 208 Å². The van der Waals surface area contributed by atoms with Gasteiger partial charge in [-0.1, -0.05) is 70.2 Å². The fourth-order valence-electron chi connectivity index (χ4n) is 4.42. The lowest BCUT2D eigenvalue weighted by Crippen LogP contribution is -2.48. The molecule has 5 rings (SSSR count). The van der Waals surface area contributed by atoms with Crippen LogP contribution in [0.15, 0.2) is 72.1 Å². The van der Waals surface area contributed by atoms with Crippen LogP contribution in [0.3, 0.4) is 0 Å². The van der Waals surface area contributed by atoms with Crippen LogP contribution >= 0.6 is 34.7 Å². The van der Waals surface area contributed by atoms with E-state index >= 15 is 0 Å². The van der Waals surface area contributed by atoms with Crippen molar-refractivity contribution in [2.75, 3.05) is 24.5 Å². The minimum absolute atomic E-state index is 0.191. The van der Waals surface area contributed by atoms with Crippen molar-refractivity contribution in [1.82, 2.24) is 14.5 Å². The summed E-state index contributed by atoms with van der Waals surface area (Å²) >= 11 is 14.2. The highest BCUT2D eigenvalue weighted by Gasteiger charge is 2.29. The summed E-state index contributed by atoms with van der Waals surface area (Å²) in [6.45, 7) is 5.74. The maximum atomic E-state index is 6.68. The number of hydrogen-bond donors (Lipinski definition) is 0. The van der Waals surface area contributed by atoms with Crippen molar-refractivity contribution >= 4 is 40.4 Å². The number of hydrogen-bond acceptors (Lipinski definition) is 5. The first kappa shape index (κ1) is 22.4. The third kappa shape index (κ3) is 5.07. The van der Waals surface area contributed by atoms with Crippen molar-refractivity contribution < 1.29 is 0 Å². The highest BCUT2D eigenvalue weighted by molar-refractivity contribution is 7.03. The van der Waals surface area contributed by atoms with Gasteiger partial charge in [0.15, 0.2) is 0 Å². The lowest BCUT2D eigenvalue weighted by molar-refractivity contribution is 0.215. The summed E-state index contributed by atoms with van der Waals surface area (Å²) in [6, 6.07) is 23.3. The predicted molar refractivity (Wildman–Crippen MR) is 138 cm³/mol. The second kappa shape index (κ2) is 9.82. The number of piperazine rings is 1. The van der Waals surface area contributed by atoms with Gasteiger partial charge in [-0.3, -0.25) is 4.90 Å². The number of aromatic nitrogens is 2. The van der Waals surface area contributed by atoms with Gasteiger partial charge in [0.25, 0.3) is 0 Å². The van der Waals surface area contributed by atoms with Crippen LogP contribution in [0.5, 0.6) is 0 Å². The summed E-state index contributed by atoms with van der Waals surface area (Å²) < 4.78 is 3.96. The average Bonchev–Trinajstić information content (AvgIpc) is 3.36. The number of rotatable bonds is 5. The monoisotopic (exact) mass is 494 g/mol. The zero-order chi connectivity index (χ0) is 22.8. The maximum Gasteiger partial charge on any atom is 0.105 e. The first-order valence-electron chi connectivity index (χ1n) is 10.9. The summed E-state index contributed by atoms with van der Waals surface area (Å²) in [5.41, 5.74) is 6.82. The lowest BCUT2D eigenvalue weighted by Gasteiger charge is -2.43. The molecule has 1 aliphatic rings. The normalized spacial score (nSPS) is 16.8. The summed E-state index contributed by atoms with van der Waals surface area (Å²) in [5, 5.41) is 7.69. The van der Waals surface area contributed by atoms with Crippen LogP contribution in [0.4, 0.5) is 5.69 Å². The van der Waals surface area contributed by atoms with E-state index in [1.165, 1.54) is 28.2 Å². The third-order valence-electron chi connectivity index (χ3n) is 6.15. The van der Waals surface area contributed by atoms with Gasteiger partial charge in [-0.05, 0) is 59.4 Å². The molecule has 33 heavy (non-hydrogen) atoms. The van der Waals surface area contributed by atoms with E-state index < -0.39 is 0 Å². The molecule has 1 saturated heterocycles. The van der Waals surface area contributed by atoms with Crippen LogP contribution in [0.2, 0.25) is 10.0 Å². The van der Waals surface area contributed by atoms with Crippen LogP contribution in [-0.4, -0.2) is 34.1 Å². The largest absolute Gasteiger partial charge is 0.361 e. The number of halogens is 2. The number of anilines is 1. The molecule has 0 unspecified atom stereocenters. The zero-order valence-corrected chi connectivity index (χ0v) is 20.6. The fourth-order valence-corrected chi connectivity index (χ4v) is 5.35. The van der Waals surface area contributed by atoms with E-state index in [9.17, 15) is 0 Å². The molecule has 0 radical (unpaired) electrons. The molecule has 3 aromatic carbocycles. The molecule has 0 amide bonds. The molecule has 1 atom stereocenters. The fraction of sp³-hybridized carbons (Fsp3) is 0.231. The van der Waals surface area contributed by atoms with Crippen molar-refractivity contribution in [1.29, 1.82) is 0 Å². The quantitative estimate of drug-likeness (QED) is 0.302. The standard InChI is InChI=1S/C26H24Cl2N4S/c1-18-2-11-25(23(28)14-18)32-13-12-31(16-26(32)21-7-9-22(27)10-8-21)15-19-3-5-20(6-4-19)24-17-33-30-29-24/h2-11,14,17,26H,12-13,15-16H2,1H3/t26-/m1/s1. The van der Waals surface area contributed by atoms with Gasteiger partial charge in [-0.15, -0.1) is 5.10 Å². The van der Waals surface area contributed by atoms with Crippen molar-refractivity contribution in [3.63, 3.8) is 0 Å². The van der Waals surface area contributed by atoms with Crippen LogP contribution in [0.1, 0.15) is 22.7 Å². The molecule has 0 spiro atoms. The van der Waals surface area contributed by atoms with E-state index in [-0.39, 0.29) is 6.04 Å². The first-order valence-corrected chi connectivity index (χ1v) is 12.5. The first-order chi connectivity index (χ1) is 16.1. The van der Waals surface area contributed by atoms with Gasteiger partial charge in [0.1, 0.15) is 5.69 Å². The molecule has 1 fully saturated rings. The molecule has 168 valence electrons. The van der Waals surface area contributed by atoms with Crippen molar-refractivity contribution in [3.8, 4) is 11.3 Å². The summed E-state index contributed by atoms with van der Waals surface area (Å²) in [6.07, 6.45) is 0. The van der Waals surface area contributed by atoms with E-state index in [2.05, 4.69) is 74.8 Å². The van der Waals surface area contributed by atoms with Crippen molar-refractivity contribution in [2.45, 2.75) is 19.5 Å². The second-order valence-corrected chi connectivity index (χ2v) is 9.89. The molecule has 0 bridgehead atoms. The van der Waals surface area contributed by atoms with Gasteiger partial charge in [-0.2, -0.15) is 0 Å². The van der Waals surface area contributed by atoms with Crippen molar-refractivity contribution in [2.24, 2.45) is 0 Å². The van der Waals surface area contributed by atoms with Gasteiger partial charge < -0.3 is 4.90 Å². The maximum absolute atomic E-state index is 6.68. The average molecular weight is 495 g/mol. The number of benzene rings is 3. The molecule has 0 N–H and O–H groups in total. The van der Waals surface area contributed by atoms with E-state index in [1.54, 1.807) is 0 Å². The molecule has 4 aromatic rings. The Hall–Kier alpha value is -2.44. The molecule has 0 aliphatic carbocycles. The van der Waals surface area contributed by atoms with E-state index in [0.717, 1.165) is 53.2 Å². The van der Waals surface area contributed by atoms with Crippen LogP contribution in [0.25, 0.3) is 11.3 Å². The van der Waals surface area contributed by atoms with Crippen molar-refractivity contribution in [3.05, 3.63) is 98.8 Å². The Morgan fingerprint density at radius 1 is 0.970 bits per heavy atom. The van der Waals surface area contributed by atoms with Crippen LogP contribution in [-0.2, 0) is 6.54 Å². The summed E-state index contributed by atoms with van der Waals surface area (Å²) in [7, 11) is 0. The smallest absolute Gasteiger partial charge is 0.105 e. The third-order valence-corrected chi connectivity index (χ3v) is 7.21. The minimum atomic E-state index is 0.191. The van der Waals surface area contributed by atoms with Gasteiger partial charge in [0.05, 0.1) is 16.8 Å². The number of nitrogens with zero attached hydrogens (tertiary/aromatic N) is 4. The molecule has 2 heterocycles. The highest BCUT2D eigenvalue weighted by Crippen LogP contribution is 2.36. The van der Waals surface area contributed by atoms with E-state index in [4.69, 9.17) is 23.2 Å². The Balaban J connectivity index is 1.37. The second-order valence-electron chi connectivity index (χ2n) is 8.44. The summed E-state index contributed by atoms with van der Waals surface area (Å²) in [4.78, 5) is 4.94. The lowest BCUT2D eigenvalue weighted by atomic mass is 10.00. The zero-order valence-electron chi connectivity index (χ0n) is 18.3. The van der Waals surface area contributed by atoms with E-state index in [1.807, 2.05) is 23.6 Å². The Morgan fingerprint density at radius 2 is 1.76 bits per heavy atom. The topological polar surface area (TPSA) is 32.3 Å². The molecule has 0 saturated carbocycles. The summed E-state index contributed by atoms with van der Waals surface area (Å²) in [5.74, 6) is 0. The van der Waals surface area contributed by atoms with Crippen LogP contribution < -0.4 is 4.90 Å². The van der Waals surface area contributed by atoms with E-state index in [0.29, 0.717) is 0 Å². The number of aryl methyl sites for hydroxylation is 1. The molecule has 1 aromatic heterocycles. The molecular formula is C26H24Cl2N4S. The van der Waals surface area contributed by atoms with Crippen LogP contribution in [0, 0.1) is 6.92 Å². The van der Waals surface area contributed by atoms with Gasteiger partial charge in [0, 0.05) is 42.1 Å². The minimum Gasteiger partial charge on any atom is -0.361 e. The highest BCUT2D eigenvalue weighted by atomic mass is 35.5. The van der Waals surface area contributed by atoms with Gasteiger partial charge >= 0.3 is 0 Å². The Kier molecular flexibility index (Phi) is 6.65.